The number of hydrogen-bond donors (Lipinski definition) is 0. The highest BCUT2D eigenvalue weighted by Crippen LogP contribution is 2.43. The van der Waals surface area contributed by atoms with Gasteiger partial charge in [-0.1, -0.05) is 124 Å². The van der Waals surface area contributed by atoms with Crippen molar-refractivity contribution in [3.63, 3.8) is 0 Å². The minimum Gasteiger partial charge on any atom is -0.207 e. The van der Waals surface area contributed by atoms with Crippen molar-refractivity contribution in [2.75, 3.05) is 0 Å². The van der Waals surface area contributed by atoms with Crippen molar-refractivity contribution in [2.45, 2.75) is 72.8 Å². The first-order valence-corrected chi connectivity index (χ1v) is 18.2. The van der Waals surface area contributed by atoms with Crippen LogP contribution in [0.3, 0.4) is 0 Å². The molecule has 0 heterocycles. The summed E-state index contributed by atoms with van der Waals surface area (Å²) in [6, 6.07) is 32.9. The summed E-state index contributed by atoms with van der Waals surface area (Å²) >= 11 is 9.20. The van der Waals surface area contributed by atoms with Crippen LogP contribution in [0.15, 0.2) is 132 Å². The Labute approximate surface area is 272 Å². The third kappa shape index (κ3) is 8.72. The van der Waals surface area contributed by atoms with E-state index < -0.39 is 12.8 Å². The molecule has 44 heavy (non-hydrogen) atoms. The van der Waals surface area contributed by atoms with Crippen LogP contribution in [0, 0.1) is 11.6 Å². The van der Waals surface area contributed by atoms with Gasteiger partial charge in [-0.05, 0) is 91.0 Å². The maximum Gasteiger partial charge on any atom is 0.123 e. The van der Waals surface area contributed by atoms with E-state index in [1.807, 2.05) is 24.3 Å². The van der Waals surface area contributed by atoms with Gasteiger partial charge in [-0.15, -0.1) is 23.4 Å². The van der Waals surface area contributed by atoms with Crippen molar-refractivity contribution in [2.24, 2.45) is 0 Å². The van der Waals surface area contributed by atoms with Crippen molar-refractivity contribution in [3.05, 3.63) is 145 Å². The second kappa shape index (κ2) is 16.0. The zero-order chi connectivity index (χ0) is 30.8. The van der Waals surface area contributed by atoms with E-state index in [1.165, 1.54) is 55.5 Å². The predicted octanol–water partition coefficient (Wildman–Crippen LogP) is 10.8. The molecule has 0 fully saturated rings. The number of unbranched alkanes of at least 4 members (excludes halogenated alkanes) is 2. The topological polar surface area (TPSA) is 0 Å². The van der Waals surface area contributed by atoms with E-state index in [0.29, 0.717) is 5.92 Å². The maximum atomic E-state index is 13.7. The van der Waals surface area contributed by atoms with E-state index in [-0.39, 0.29) is 16.9 Å². The van der Waals surface area contributed by atoms with E-state index in [1.54, 1.807) is 11.8 Å². The normalized spacial score (nSPS) is 18.5. The Morgan fingerprint density at radius 1 is 0.727 bits per heavy atom. The molecule has 5 rings (SSSR count). The SMILES string of the molecule is CCCCCC(CCCC1(Cl)C=CC=CC1Sc1ccc(P(c2ccc(F)cc2)c2ccc(F)cc2)cc1)c1ccccc1. The fourth-order valence-corrected chi connectivity index (χ4v) is 9.71. The molecule has 0 saturated heterocycles. The number of hydrogen-bond acceptors (Lipinski definition) is 1. The standard InChI is InChI=1S/C39H40ClF2PS/c1-2-3-5-11-31(30-12-6-4-7-13-30)14-10-29-39(40)28-9-8-15-38(39)44-37-26-24-36(25-27-37)43(34-20-16-32(41)17-21-34)35-22-18-33(42)19-23-35/h4,6-9,12-13,15-28,31,38H,2-3,5,10-11,14,29H2,1H3. The first kappa shape index (κ1) is 32.7. The molecule has 0 aliphatic heterocycles. The highest BCUT2D eigenvalue weighted by molar-refractivity contribution is 8.00. The smallest absolute Gasteiger partial charge is 0.123 e. The Kier molecular flexibility index (Phi) is 11.9. The van der Waals surface area contributed by atoms with Gasteiger partial charge in [-0.25, -0.2) is 8.78 Å². The molecule has 0 radical (unpaired) electrons. The number of halogens is 3. The molecule has 1 aliphatic carbocycles. The molecule has 0 amide bonds. The van der Waals surface area contributed by atoms with Crippen LogP contribution in [0.25, 0.3) is 0 Å². The molecule has 1 aliphatic rings. The first-order valence-electron chi connectivity index (χ1n) is 15.6. The van der Waals surface area contributed by atoms with Gasteiger partial charge in [-0.2, -0.15) is 0 Å². The monoisotopic (exact) mass is 644 g/mol. The molecule has 4 aromatic rings. The summed E-state index contributed by atoms with van der Waals surface area (Å²) in [4.78, 5) is 0.705. The fourth-order valence-electron chi connectivity index (χ4n) is 5.91. The van der Waals surface area contributed by atoms with Crippen LogP contribution in [0.5, 0.6) is 0 Å². The minimum atomic E-state index is -0.955. The van der Waals surface area contributed by atoms with Gasteiger partial charge in [0, 0.05) is 4.90 Å². The van der Waals surface area contributed by atoms with E-state index >= 15 is 0 Å². The molecule has 0 saturated carbocycles. The fraction of sp³-hybridized carbons (Fsp3) is 0.282. The van der Waals surface area contributed by atoms with E-state index in [2.05, 4.69) is 85.8 Å². The summed E-state index contributed by atoms with van der Waals surface area (Å²) in [5.41, 5.74) is 1.44. The number of alkyl halides is 1. The molecule has 0 aromatic heterocycles. The molecule has 5 heteroatoms. The van der Waals surface area contributed by atoms with Crippen molar-refractivity contribution in [1.82, 2.24) is 0 Å². The summed E-state index contributed by atoms with van der Waals surface area (Å²) in [5, 5.41) is 3.30. The lowest BCUT2D eigenvalue weighted by Gasteiger charge is -2.33. The van der Waals surface area contributed by atoms with Crippen LogP contribution in [-0.4, -0.2) is 10.1 Å². The van der Waals surface area contributed by atoms with Gasteiger partial charge in [0.25, 0.3) is 0 Å². The highest BCUT2D eigenvalue weighted by atomic mass is 35.5. The van der Waals surface area contributed by atoms with Crippen LogP contribution < -0.4 is 15.9 Å². The number of benzene rings is 4. The summed E-state index contributed by atoms with van der Waals surface area (Å²) in [7, 11) is -0.955. The van der Waals surface area contributed by atoms with Gasteiger partial charge < -0.3 is 0 Å². The van der Waals surface area contributed by atoms with E-state index in [0.717, 1.165) is 40.1 Å². The average Bonchev–Trinajstić information content (AvgIpc) is 3.05. The molecule has 0 spiro atoms. The van der Waals surface area contributed by atoms with Gasteiger partial charge >= 0.3 is 0 Å². The molecule has 0 bridgehead atoms. The molecular formula is C39H40ClF2PS. The van der Waals surface area contributed by atoms with Crippen molar-refractivity contribution in [1.29, 1.82) is 0 Å². The summed E-state index contributed by atoms with van der Waals surface area (Å²) in [6.45, 7) is 2.26. The average molecular weight is 645 g/mol. The molecule has 0 nitrogen and oxygen atoms in total. The Bertz CT molecular complexity index is 1460. The van der Waals surface area contributed by atoms with Gasteiger partial charge in [0.15, 0.2) is 0 Å². The highest BCUT2D eigenvalue weighted by Gasteiger charge is 2.35. The summed E-state index contributed by atoms with van der Waals surface area (Å²) < 4.78 is 27.5. The van der Waals surface area contributed by atoms with Crippen LogP contribution in [-0.2, 0) is 0 Å². The largest absolute Gasteiger partial charge is 0.207 e. The lowest BCUT2D eigenvalue weighted by Crippen LogP contribution is -2.32. The van der Waals surface area contributed by atoms with E-state index in [9.17, 15) is 8.78 Å². The molecule has 3 unspecified atom stereocenters. The number of thioether (sulfide) groups is 1. The lowest BCUT2D eigenvalue weighted by atomic mass is 9.86. The summed E-state index contributed by atoms with van der Waals surface area (Å²) in [6.07, 6.45) is 16.7. The lowest BCUT2D eigenvalue weighted by molar-refractivity contribution is 0.488. The minimum absolute atomic E-state index is 0.117. The van der Waals surface area contributed by atoms with Crippen LogP contribution in [0.4, 0.5) is 8.78 Å². The quantitative estimate of drug-likeness (QED) is 0.0747. The molecule has 4 aromatic carbocycles. The second-order valence-corrected chi connectivity index (χ2v) is 15.6. The third-order valence-corrected chi connectivity index (χ3v) is 12.8. The predicted molar refractivity (Wildman–Crippen MR) is 189 cm³/mol. The van der Waals surface area contributed by atoms with Crippen LogP contribution >= 0.6 is 31.3 Å². The van der Waals surface area contributed by atoms with Gasteiger partial charge in [0.2, 0.25) is 0 Å². The van der Waals surface area contributed by atoms with Crippen molar-refractivity contribution < 1.29 is 8.78 Å². The third-order valence-electron chi connectivity index (χ3n) is 8.31. The van der Waals surface area contributed by atoms with Crippen molar-refractivity contribution in [3.8, 4) is 0 Å². The molecule has 228 valence electrons. The van der Waals surface area contributed by atoms with Gasteiger partial charge in [0.05, 0.1) is 10.1 Å². The van der Waals surface area contributed by atoms with Crippen molar-refractivity contribution >= 4 is 47.2 Å². The maximum absolute atomic E-state index is 13.7. The Morgan fingerprint density at radius 2 is 1.30 bits per heavy atom. The summed E-state index contributed by atoms with van der Waals surface area (Å²) in [5.74, 6) is 0.0448. The molecular weight excluding hydrogens is 605 g/mol. The van der Waals surface area contributed by atoms with Crippen LogP contribution in [0.2, 0.25) is 0 Å². The van der Waals surface area contributed by atoms with Gasteiger partial charge in [-0.3, -0.25) is 0 Å². The van der Waals surface area contributed by atoms with E-state index in [4.69, 9.17) is 11.6 Å². The molecule has 0 N–H and O–H groups in total. The zero-order valence-corrected chi connectivity index (χ0v) is 27.7. The Balaban J connectivity index is 1.28. The molecule has 3 atom stereocenters. The Hall–Kier alpha value is -2.71. The Morgan fingerprint density at radius 3 is 1.89 bits per heavy atom. The zero-order valence-electron chi connectivity index (χ0n) is 25.2. The number of allylic oxidation sites excluding steroid dienone is 3. The first-order chi connectivity index (χ1) is 21.4. The van der Waals surface area contributed by atoms with Gasteiger partial charge in [0.1, 0.15) is 11.6 Å². The van der Waals surface area contributed by atoms with Crippen LogP contribution in [0.1, 0.15) is 63.4 Å². The second-order valence-electron chi connectivity index (χ2n) is 11.5. The number of rotatable bonds is 14.